The van der Waals surface area contributed by atoms with E-state index >= 15 is 0 Å². The first-order valence-corrected chi connectivity index (χ1v) is 7.45. The lowest BCUT2D eigenvalue weighted by Gasteiger charge is -2.06. The summed E-state index contributed by atoms with van der Waals surface area (Å²) >= 11 is 0. The fourth-order valence-corrected chi connectivity index (χ4v) is 2.49. The molecule has 0 unspecified atom stereocenters. The van der Waals surface area contributed by atoms with Gasteiger partial charge in [0, 0.05) is 6.42 Å². The van der Waals surface area contributed by atoms with Gasteiger partial charge in [-0.05, 0) is 11.6 Å². The van der Waals surface area contributed by atoms with Crippen molar-refractivity contribution in [3.8, 4) is 11.5 Å². The second-order valence-corrected chi connectivity index (χ2v) is 5.50. The lowest BCUT2D eigenvalue weighted by Crippen LogP contribution is -2.07. The van der Waals surface area contributed by atoms with Gasteiger partial charge in [-0.1, -0.05) is 12.1 Å². The van der Waals surface area contributed by atoms with Crippen LogP contribution in [-0.2, 0) is 12.6 Å². The van der Waals surface area contributed by atoms with Gasteiger partial charge in [0.15, 0.2) is 17.3 Å². The van der Waals surface area contributed by atoms with Crippen LogP contribution < -0.4 is 0 Å². The van der Waals surface area contributed by atoms with Gasteiger partial charge in [-0.3, -0.25) is 5.10 Å². The summed E-state index contributed by atoms with van der Waals surface area (Å²) in [6.45, 7) is 0. The second kappa shape index (κ2) is 6.07. The van der Waals surface area contributed by atoms with Crippen LogP contribution >= 0.6 is 0 Å². The second-order valence-electron chi connectivity index (χ2n) is 5.50. The Morgan fingerprint density at radius 1 is 1.11 bits per heavy atom. The molecule has 0 saturated carbocycles. The zero-order valence-corrected chi connectivity index (χ0v) is 13.2. The third-order valence-electron chi connectivity index (χ3n) is 3.70. The van der Waals surface area contributed by atoms with E-state index in [2.05, 4.69) is 25.1 Å². The molecule has 0 saturated heterocycles. The summed E-state index contributed by atoms with van der Waals surface area (Å²) in [7, 11) is 0. The Kier molecular flexibility index (Phi) is 3.82. The summed E-state index contributed by atoms with van der Waals surface area (Å²) in [6.07, 6.45) is -2.37. The highest BCUT2D eigenvalue weighted by atomic mass is 19.4. The number of nitrogens with one attached hydrogen (secondary N) is 1. The molecule has 4 rings (SSSR count). The lowest BCUT2D eigenvalue weighted by atomic mass is 10.1. The maximum Gasteiger partial charge on any atom is 0.451 e. The molecule has 0 fully saturated rings. The molecule has 0 atom stereocenters. The largest absolute Gasteiger partial charge is 0.451 e. The fourth-order valence-electron chi connectivity index (χ4n) is 2.49. The van der Waals surface area contributed by atoms with Crippen molar-refractivity contribution in [2.75, 3.05) is 0 Å². The number of halogens is 5. The van der Waals surface area contributed by atoms with Gasteiger partial charge >= 0.3 is 6.18 Å². The summed E-state index contributed by atoms with van der Waals surface area (Å²) in [5.41, 5.74) is 0.393. The van der Waals surface area contributed by atoms with E-state index in [-0.39, 0.29) is 34.8 Å². The maximum absolute atomic E-state index is 14.0. The van der Waals surface area contributed by atoms with Crippen LogP contribution in [0.2, 0.25) is 0 Å². The SMILES string of the molecule is Fc1cccc(Cc2nc(-c3n[nH]c(C(F)(F)F)n3)cn3ncnc23)c1F. The summed E-state index contributed by atoms with van der Waals surface area (Å²) in [5, 5.41) is 9.21. The number of aromatic nitrogens is 7. The minimum atomic E-state index is -4.70. The van der Waals surface area contributed by atoms with Crippen LogP contribution in [0.5, 0.6) is 0 Å². The monoisotopic (exact) mass is 381 g/mol. The zero-order valence-electron chi connectivity index (χ0n) is 13.2. The Balaban J connectivity index is 1.80. The fraction of sp³-hybridized carbons (Fsp3) is 0.133. The number of benzene rings is 1. The van der Waals surface area contributed by atoms with Gasteiger partial charge in [-0.25, -0.2) is 28.2 Å². The predicted octanol–water partition coefficient (Wildman–Crippen LogP) is 2.80. The molecule has 27 heavy (non-hydrogen) atoms. The highest BCUT2D eigenvalue weighted by Crippen LogP contribution is 2.27. The molecule has 12 heteroatoms. The van der Waals surface area contributed by atoms with Crippen molar-refractivity contribution in [3.05, 3.63) is 59.4 Å². The van der Waals surface area contributed by atoms with Gasteiger partial charge < -0.3 is 0 Å². The first-order chi connectivity index (χ1) is 12.8. The molecule has 0 radical (unpaired) electrons. The van der Waals surface area contributed by atoms with Gasteiger partial charge in [0.25, 0.3) is 0 Å². The van der Waals surface area contributed by atoms with E-state index in [1.54, 1.807) is 5.10 Å². The zero-order chi connectivity index (χ0) is 19.2. The van der Waals surface area contributed by atoms with Gasteiger partial charge in [0.05, 0.1) is 11.9 Å². The summed E-state index contributed by atoms with van der Waals surface area (Å²) < 4.78 is 66.8. The smallest absolute Gasteiger partial charge is 0.255 e. The van der Waals surface area contributed by atoms with Crippen LogP contribution in [0, 0.1) is 11.6 Å². The number of rotatable bonds is 3. The summed E-state index contributed by atoms with van der Waals surface area (Å²) in [4.78, 5) is 11.5. The molecular formula is C15H8F5N7. The molecule has 1 N–H and O–H groups in total. The van der Waals surface area contributed by atoms with E-state index in [1.165, 1.54) is 29.2 Å². The molecular weight excluding hydrogens is 373 g/mol. The summed E-state index contributed by atoms with van der Waals surface area (Å²) in [5.74, 6) is -3.67. The molecule has 3 heterocycles. The van der Waals surface area contributed by atoms with Crippen molar-refractivity contribution in [3.63, 3.8) is 0 Å². The molecule has 7 nitrogen and oxygen atoms in total. The minimum absolute atomic E-state index is 0.00974. The lowest BCUT2D eigenvalue weighted by molar-refractivity contribution is -0.144. The van der Waals surface area contributed by atoms with Crippen LogP contribution in [0.3, 0.4) is 0 Å². The number of H-pyrrole nitrogens is 1. The number of alkyl halides is 3. The normalized spacial score (nSPS) is 12.0. The van der Waals surface area contributed by atoms with Crippen LogP contribution in [-0.4, -0.2) is 34.8 Å². The van der Waals surface area contributed by atoms with Gasteiger partial charge in [0.2, 0.25) is 11.6 Å². The Morgan fingerprint density at radius 3 is 2.67 bits per heavy atom. The van der Waals surface area contributed by atoms with Crippen LogP contribution in [0.4, 0.5) is 22.0 Å². The number of hydrogen-bond donors (Lipinski definition) is 1. The van der Waals surface area contributed by atoms with Crippen molar-refractivity contribution in [1.82, 2.24) is 34.8 Å². The Morgan fingerprint density at radius 2 is 1.93 bits per heavy atom. The van der Waals surface area contributed by atoms with E-state index in [0.717, 1.165) is 6.07 Å². The van der Waals surface area contributed by atoms with Gasteiger partial charge in [-0.2, -0.15) is 23.4 Å². The third-order valence-corrected chi connectivity index (χ3v) is 3.70. The molecule has 0 spiro atoms. The van der Waals surface area contributed by atoms with E-state index in [9.17, 15) is 22.0 Å². The number of nitrogens with zero attached hydrogens (tertiary/aromatic N) is 6. The van der Waals surface area contributed by atoms with Crippen molar-refractivity contribution in [1.29, 1.82) is 0 Å². The van der Waals surface area contributed by atoms with Crippen molar-refractivity contribution in [2.24, 2.45) is 0 Å². The average Bonchev–Trinajstić information content (AvgIpc) is 3.27. The molecule has 0 amide bonds. The first kappa shape index (κ1) is 17.0. The third kappa shape index (κ3) is 3.09. The van der Waals surface area contributed by atoms with Gasteiger partial charge in [-0.15, -0.1) is 0 Å². The highest BCUT2D eigenvalue weighted by Gasteiger charge is 2.35. The molecule has 0 aliphatic heterocycles. The molecule has 4 aromatic rings. The van der Waals surface area contributed by atoms with Crippen molar-refractivity contribution >= 4 is 5.65 Å². The van der Waals surface area contributed by atoms with E-state index in [4.69, 9.17) is 0 Å². The topological polar surface area (TPSA) is 84.7 Å². The molecule has 138 valence electrons. The number of fused-ring (bicyclic) bond motifs is 1. The first-order valence-electron chi connectivity index (χ1n) is 7.45. The van der Waals surface area contributed by atoms with E-state index in [0.29, 0.717) is 0 Å². The molecule has 0 bridgehead atoms. The molecule has 1 aromatic carbocycles. The van der Waals surface area contributed by atoms with E-state index < -0.39 is 23.6 Å². The summed E-state index contributed by atoms with van der Waals surface area (Å²) in [6, 6.07) is 3.68. The number of aromatic amines is 1. The molecule has 0 aliphatic rings. The standard InChI is InChI=1S/C15H8F5N7/c16-8-3-1-2-7(11(8)17)4-9-13-21-6-22-27(13)5-10(23-9)12-24-14(26-25-12)15(18,19)20/h1-3,5-6H,4H2,(H,24,25,26). The Labute approximate surface area is 146 Å². The van der Waals surface area contributed by atoms with Crippen molar-refractivity contribution < 1.29 is 22.0 Å². The van der Waals surface area contributed by atoms with Crippen molar-refractivity contribution in [2.45, 2.75) is 12.6 Å². The van der Waals surface area contributed by atoms with Crippen LogP contribution in [0.1, 0.15) is 17.1 Å². The van der Waals surface area contributed by atoms with E-state index in [1.807, 2.05) is 0 Å². The number of hydrogen-bond acceptors (Lipinski definition) is 5. The van der Waals surface area contributed by atoms with Crippen LogP contribution in [0.25, 0.3) is 17.2 Å². The highest BCUT2D eigenvalue weighted by molar-refractivity contribution is 5.54. The van der Waals surface area contributed by atoms with Gasteiger partial charge in [0.1, 0.15) is 12.0 Å². The Hall–Kier alpha value is -3.44. The maximum atomic E-state index is 14.0. The minimum Gasteiger partial charge on any atom is -0.255 e. The predicted molar refractivity (Wildman–Crippen MR) is 80.3 cm³/mol. The Bertz CT molecular complexity index is 1130. The molecule has 0 aliphatic carbocycles. The average molecular weight is 381 g/mol. The van der Waals surface area contributed by atoms with Crippen LogP contribution in [0.15, 0.2) is 30.7 Å². The quantitative estimate of drug-likeness (QED) is 0.552. The molecule has 3 aromatic heterocycles.